The van der Waals surface area contributed by atoms with Crippen LogP contribution in [0.25, 0.3) is 10.9 Å². The van der Waals surface area contributed by atoms with Gasteiger partial charge < -0.3 is 10.3 Å². The largest absolute Gasteiger partial charge is 0.398 e. The summed E-state index contributed by atoms with van der Waals surface area (Å²) in [5, 5.41) is 8.12. The molecule has 0 bridgehead atoms. The van der Waals surface area contributed by atoms with Gasteiger partial charge in [-0.25, -0.2) is 0 Å². The number of nitrogens with zero attached hydrogens (tertiary/aromatic N) is 2. The van der Waals surface area contributed by atoms with Gasteiger partial charge in [-0.05, 0) is 55.4 Å². The van der Waals surface area contributed by atoms with Crippen LogP contribution in [0.1, 0.15) is 31.2 Å². The first kappa shape index (κ1) is 17.3. The molecule has 5 nitrogen and oxygen atoms in total. The van der Waals surface area contributed by atoms with Crippen LogP contribution >= 0.6 is 0 Å². The van der Waals surface area contributed by atoms with Crippen LogP contribution in [-0.4, -0.2) is 20.9 Å². The number of fused-ring (bicyclic) bond motifs is 1. The fourth-order valence-electron chi connectivity index (χ4n) is 3.78. The van der Waals surface area contributed by atoms with Gasteiger partial charge in [-0.3, -0.25) is 9.48 Å². The molecule has 0 saturated heterocycles. The maximum absolute atomic E-state index is 13.3. The summed E-state index contributed by atoms with van der Waals surface area (Å²) < 4.78 is 41.7. The number of alkyl halides is 3. The van der Waals surface area contributed by atoms with E-state index in [1.807, 2.05) is 10.7 Å². The van der Waals surface area contributed by atoms with E-state index >= 15 is 0 Å². The molecule has 5 rings (SSSR count). The van der Waals surface area contributed by atoms with Crippen molar-refractivity contribution in [1.29, 1.82) is 0 Å². The van der Waals surface area contributed by atoms with Gasteiger partial charge in [-0.2, -0.15) is 18.3 Å². The fourth-order valence-corrected chi connectivity index (χ4v) is 3.78. The van der Waals surface area contributed by atoms with Gasteiger partial charge in [-0.15, -0.1) is 0 Å². The summed E-state index contributed by atoms with van der Waals surface area (Å²) in [6.07, 6.45) is -0.0390. The molecule has 2 aromatic heterocycles. The predicted molar refractivity (Wildman–Crippen MR) is 99.8 cm³/mol. The highest BCUT2D eigenvalue weighted by Crippen LogP contribution is 2.58. The van der Waals surface area contributed by atoms with E-state index in [0.717, 1.165) is 24.9 Å². The minimum Gasteiger partial charge on any atom is -0.338 e. The van der Waals surface area contributed by atoms with Crippen molar-refractivity contribution in [3.05, 3.63) is 52.4 Å². The lowest BCUT2D eigenvalue weighted by molar-refractivity contribution is -0.160. The first-order chi connectivity index (χ1) is 13.4. The number of pyridine rings is 1. The summed E-state index contributed by atoms with van der Waals surface area (Å²) in [6.45, 7) is 0.759. The summed E-state index contributed by atoms with van der Waals surface area (Å²) in [5.41, 5.74) is -0.298. The average molecular weight is 388 g/mol. The van der Waals surface area contributed by atoms with Crippen LogP contribution in [0, 0.1) is 5.92 Å². The van der Waals surface area contributed by atoms with Crippen LogP contribution in [0.2, 0.25) is 0 Å². The number of hydrogen-bond acceptors (Lipinski definition) is 3. The Morgan fingerprint density at radius 2 is 1.89 bits per heavy atom. The van der Waals surface area contributed by atoms with E-state index in [9.17, 15) is 18.0 Å². The SMILES string of the molecule is O=c1[nH]ccc2c1c(Nc1ccc(C3(C(F)(F)F)CC3)cc1)nn2CC1CC1. The number of anilines is 2. The smallest absolute Gasteiger partial charge is 0.338 e. The molecule has 1 aromatic carbocycles. The Kier molecular flexibility index (Phi) is 3.63. The van der Waals surface area contributed by atoms with Crippen molar-refractivity contribution in [3.63, 3.8) is 0 Å². The molecule has 28 heavy (non-hydrogen) atoms. The van der Waals surface area contributed by atoms with Gasteiger partial charge in [-0.1, -0.05) is 12.1 Å². The summed E-state index contributed by atoms with van der Waals surface area (Å²) in [5.74, 6) is 1.01. The Hall–Kier alpha value is -2.77. The minimum absolute atomic E-state index is 0.134. The van der Waals surface area contributed by atoms with Crippen molar-refractivity contribution in [1.82, 2.24) is 14.8 Å². The fraction of sp³-hybridized carbons (Fsp3) is 0.400. The monoisotopic (exact) mass is 388 g/mol. The number of rotatable bonds is 5. The quantitative estimate of drug-likeness (QED) is 0.678. The maximum atomic E-state index is 13.3. The van der Waals surface area contributed by atoms with E-state index in [2.05, 4.69) is 15.4 Å². The minimum atomic E-state index is -4.23. The van der Waals surface area contributed by atoms with Gasteiger partial charge in [0.1, 0.15) is 5.39 Å². The van der Waals surface area contributed by atoms with Crippen LogP contribution < -0.4 is 10.9 Å². The number of aromatic nitrogens is 3. The molecular weight excluding hydrogens is 369 g/mol. The zero-order valence-electron chi connectivity index (χ0n) is 15.0. The molecule has 2 saturated carbocycles. The molecule has 0 unspecified atom stereocenters. The molecule has 2 N–H and O–H groups in total. The third-order valence-electron chi connectivity index (χ3n) is 5.80. The first-order valence-corrected chi connectivity index (χ1v) is 9.40. The molecule has 146 valence electrons. The van der Waals surface area contributed by atoms with Crippen molar-refractivity contribution >= 4 is 22.4 Å². The standard InChI is InChI=1S/C20H19F3N4O/c21-20(22,23)19(8-9-19)13-3-5-14(6-4-13)25-17-16-15(7-10-24-18(16)28)27(26-17)11-12-1-2-12/h3-7,10,12H,1-2,8-9,11H2,(H,24,28)(H,25,26). The molecule has 0 radical (unpaired) electrons. The van der Waals surface area contributed by atoms with Gasteiger partial charge in [0.15, 0.2) is 5.82 Å². The van der Waals surface area contributed by atoms with Crippen LogP contribution in [0.3, 0.4) is 0 Å². The van der Waals surface area contributed by atoms with E-state index in [0.29, 0.717) is 22.8 Å². The molecule has 8 heteroatoms. The molecule has 0 spiro atoms. The summed E-state index contributed by atoms with van der Waals surface area (Å²) in [6, 6.07) is 8.07. The van der Waals surface area contributed by atoms with E-state index in [1.54, 1.807) is 18.3 Å². The van der Waals surface area contributed by atoms with E-state index in [1.165, 1.54) is 12.1 Å². The number of halogens is 3. The second-order valence-electron chi connectivity index (χ2n) is 7.82. The van der Waals surface area contributed by atoms with Crippen LogP contribution in [-0.2, 0) is 12.0 Å². The molecule has 2 heterocycles. The average Bonchev–Trinajstić information content (AvgIpc) is 3.55. The highest BCUT2D eigenvalue weighted by atomic mass is 19.4. The van der Waals surface area contributed by atoms with Gasteiger partial charge in [0.2, 0.25) is 0 Å². The lowest BCUT2D eigenvalue weighted by Gasteiger charge is -2.19. The zero-order chi connectivity index (χ0) is 19.5. The molecular formula is C20H19F3N4O. The maximum Gasteiger partial charge on any atom is 0.398 e. The molecule has 2 aliphatic rings. The lowest BCUT2D eigenvalue weighted by Crippen LogP contribution is -2.28. The highest BCUT2D eigenvalue weighted by Gasteiger charge is 2.64. The molecule has 0 atom stereocenters. The highest BCUT2D eigenvalue weighted by molar-refractivity contribution is 5.91. The molecule has 0 amide bonds. The number of benzene rings is 1. The van der Waals surface area contributed by atoms with Crippen molar-refractivity contribution in [2.24, 2.45) is 5.92 Å². The Morgan fingerprint density at radius 3 is 2.50 bits per heavy atom. The number of H-pyrrole nitrogens is 1. The van der Waals surface area contributed by atoms with E-state index in [4.69, 9.17) is 0 Å². The number of nitrogens with one attached hydrogen (secondary N) is 2. The third-order valence-corrected chi connectivity index (χ3v) is 5.80. The van der Waals surface area contributed by atoms with Gasteiger partial charge in [0.05, 0.1) is 10.9 Å². The summed E-state index contributed by atoms with van der Waals surface area (Å²) in [7, 11) is 0. The van der Waals surface area contributed by atoms with E-state index in [-0.39, 0.29) is 24.0 Å². The molecule has 2 aliphatic carbocycles. The molecule has 2 fully saturated rings. The predicted octanol–water partition coefficient (Wildman–Crippen LogP) is 4.47. The zero-order valence-corrected chi connectivity index (χ0v) is 15.0. The Bertz CT molecular complexity index is 1090. The summed E-state index contributed by atoms with van der Waals surface area (Å²) >= 11 is 0. The van der Waals surface area contributed by atoms with Crippen LogP contribution in [0.15, 0.2) is 41.3 Å². The van der Waals surface area contributed by atoms with Gasteiger partial charge in [0.25, 0.3) is 5.56 Å². The van der Waals surface area contributed by atoms with E-state index < -0.39 is 11.6 Å². The lowest BCUT2D eigenvalue weighted by atomic mass is 9.95. The van der Waals surface area contributed by atoms with Crippen LogP contribution in [0.5, 0.6) is 0 Å². The van der Waals surface area contributed by atoms with Gasteiger partial charge in [0, 0.05) is 18.4 Å². The van der Waals surface area contributed by atoms with Crippen molar-refractivity contribution in [2.75, 3.05) is 5.32 Å². The first-order valence-electron chi connectivity index (χ1n) is 9.40. The Morgan fingerprint density at radius 1 is 1.18 bits per heavy atom. The molecule has 3 aromatic rings. The second kappa shape index (κ2) is 5.86. The topological polar surface area (TPSA) is 62.7 Å². The summed E-state index contributed by atoms with van der Waals surface area (Å²) in [4.78, 5) is 15.0. The van der Waals surface area contributed by atoms with Crippen molar-refractivity contribution in [3.8, 4) is 0 Å². The Balaban J connectivity index is 1.46. The second-order valence-corrected chi connectivity index (χ2v) is 7.82. The van der Waals surface area contributed by atoms with Crippen molar-refractivity contribution in [2.45, 2.75) is 43.8 Å². The van der Waals surface area contributed by atoms with Crippen molar-refractivity contribution < 1.29 is 13.2 Å². The normalized spacial score (nSPS) is 18.4. The number of hydrogen-bond donors (Lipinski definition) is 2. The Labute approximate surface area is 158 Å². The van der Waals surface area contributed by atoms with Crippen LogP contribution in [0.4, 0.5) is 24.7 Å². The third kappa shape index (κ3) is 2.78. The number of aromatic amines is 1. The molecule has 0 aliphatic heterocycles. The van der Waals surface area contributed by atoms with Gasteiger partial charge >= 0.3 is 6.18 Å².